The lowest BCUT2D eigenvalue weighted by molar-refractivity contribution is -0.163. The Labute approximate surface area is 133 Å². The number of aliphatic carboxylic acids is 1. The van der Waals surface area contributed by atoms with Crippen LogP contribution in [-0.4, -0.2) is 51.6 Å². The second kappa shape index (κ2) is 5.52. The smallest absolute Gasteiger partial charge is 0.352 e. The van der Waals surface area contributed by atoms with E-state index in [0.29, 0.717) is 6.54 Å². The van der Waals surface area contributed by atoms with Gasteiger partial charge in [-0.2, -0.15) is 0 Å². The number of aliphatic imine (C=N–C) groups is 1. The number of β-lactam (4-membered cyclic amide) rings is 1. The van der Waals surface area contributed by atoms with Crippen LogP contribution >= 0.6 is 0 Å². The summed E-state index contributed by atoms with van der Waals surface area (Å²) in [6.07, 6.45) is 1.77. The molecule has 8 heteroatoms. The van der Waals surface area contributed by atoms with Crippen LogP contribution < -0.4 is 11.5 Å². The molecule has 8 nitrogen and oxygen atoms in total. The molecule has 6 N–H and O–H groups in total. The molecule has 0 spiro atoms. The molecule has 0 aromatic heterocycles. The highest BCUT2D eigenvalue weighted by atomic mass is 16.4. The number of aliphatic hydroxyl groups is 1. The number of fused-ring (bicyclic) bond motifs is 3. The van der Waals surface area contributed by atoms with Gasteiger partial charge in [0.1, 0.15) is 5.70 Å². The van der Waals surface area contributed by atoms with Gasteiger partial charge in [-0.05, 0) is 25.3 Å². The Bertz CT molecular complexity index is 609. The number of carbonyl (C=O) groups excluding carboxylic acids is 1. The van der Waals surface area contributed by atoms with Gasteiger partial charge in [-0.15, -0.1) is 0 Å². The maximum absolute atomic E-state index is 12.3. The van der Waals surface area contributed by atoms with Gasteiger partial charge in [0.05, 0.1) is 18.1 Å². The lowest BCUT2D eigenvalue weighted by Gasteiger charge is -2.47. The number of aliphatic hydroxyl groups excluding tert-OH is 1. The molecule has 3 aliphatic rings. The summed E-state index contributed by atoms with van der Waals surface area (Å²) in [5, 5.41) is 19.5. The molecule has 0 radical (unpaired) electrons. The third-order valence-corrected chi connectivity index (χ3v) is 5.24. The summed E-state index contributed by atoms with van der Waals surface area (Å²) in [6.45, 7) is 1.91. The Morgan fingerprint density at radius 1 is 1.43 bits per heavy atom. The van der Waals surface area contributed by atoms with E-state index in [1.165, 1.54) is 4.90 Å². The summed E-state index contributed by atoms with van der Waals surface area (Å²) in [5.41, 5.74) is 11.6. The standard InChI is InChI=1S/C15H22N4O4/c1-6(20)9-11-8-4-2-3-7(5-18-15(16)17)10(8)12(14(22)23)19(11)13(9)21/h6-9,11,20H,2-5H2,1H3,(H,22,23)(H4,16,17,18)/t6-,7-,8+,9-,11-/m1/s1. The molecule has 3 rings (SSSR count). The van der Waals surface area contributed by atoms with Crippen molar-refractivity contribution in [2.45, 2.75) is 38.3 Å². The van der Waals surface area contributed by atoms with Gasteiger partial charge in [-0.25, -0.2) is 4.79 Å². The molecule has 23 heavy (non-hydrogen) atoms. The van der Waals surface area contributed by atoms with Gasteiger partial charge in [0.25, 0.3) is 0 Å². The van der Waals surface area contributed by atoms with Crippen molar-refractivity contribution in [3.05, 3.63) is 11.3 Å². The van der Waals surface area contributed by atoms with E-state index in [4.69, 9.17) is 11.5 Å². The Balaban J connectivity index is 1.99. The molecule has 2 aliphatic heterocycles. The number of nitrogens with two attached hydrogens (primary N) is 2. The normalized spacial score (nSPS) is 33.7. The fourth-order valence-electron chi connectivity index (χ4n) is 4.41. The van der Waals surface area contributed by atoms with Crippen molar-refractivity contribution in [3.63, 3.8) is 0 Å². The van der Waals surface area contributed by atoms with Crippen LogP contribution in [0.5, 0.6) is 0 Å². The van der Waals surface area contributed by atoms with Crippen LogP contribution in [0.4, 0.5) is 0 Å². The Kier molecular flexibility index (Phi) is 3.79. The van der Waals surface area contributed by atoms with E-state index in [9.17, 15) is 19.8 Å². The molecule has 5 atom stereocenters. The van der Waals surface area contributed by atoms with Gasteiger partial charge in [0, 0.05) is 18.4 Å². The van der Waals surface area contributed by atoms with Crippen LogP contribution in [0.25, 0.3) is 0 Å². The molecule has 0 bridgehead atoms. The Morgan fingerprint density at radius 3 is 2.70 bits per heavy atom. The lowest BCUT2D eigenvalue weighted by atomic mass is 9.69. The minimum absolute atomic E-state index is 0.0219. The minimum atomic E-state index is -1.10. The van der Waals surface area contributed by atoms with Crippen molar-refractivity contribution in [2.24, 2.45) is 34.2 Å². The Morgan fingerprint density at radius 2 is 2.13 bits per heavy atom. The summed E-state index contributed by atoms with van der Waals surface area (Å²) in [5.74, 6) is -2.04. The van der Waals surface area contributed by atoms with Crippen molar-refractivity contribution in [1.29, 1.82) is 0 Å². The molecule has 2 heterocycles. The molecule has 126 valence electrons. The van der Waals surface area contributed by atoms with E-state index in [1.54, 1.807) is 6.92 Å². The van der Waals surface area contributed by atoms with Crippen LogP contribution in [0.15, 0.2) is 16.3 Å². The highest BCUT2D eigenvalue weighted by Crippen LogP contribution is 2.53. The first kappa shape index (κ1) is 15.8. The van der Waals surface area contributed by atoms with Crippen molar-refractivity contribution in [2.75, 3.05) is 6.54 Å². The van der Waals surface area contributed by atoms with Crippen LogP contribution in [0, 0.1) is 17.8 Å². The molecule has 0 aromatic carbocycles. The summed E-state index contributed by atoms with van der Waals surface area (Å²) in [4.78, 5) is 29.5. The lowest BCUT2D eigenvalue weighted by Crippen LogP contribution is -2.64. The first-order chi connectivity index (χ1) is 10.8. The quantitative estimate of drug-likeness (QED) is 0.304. The topological polar surface area (TPSA) is 142 Å². The monoisotopic (exact) mass is 322 g/mol. The number of rotatable bonds is 4. The van der Waals surface area contributed by atoms with Gasteiger partial charge >= 0.3 is 5.97 Å². The number of hydrogen-bond donors (Lipinski definition) is 4. The van der Waals surface area contributed by atoms with Crippen molar-refractivity contribution in [3.8, 4) is 0 Å². The molecular formula is C15H22N4O4. The number of nitrogens with zero attached hydrogens (tertiary/aromatic N) is 2. The number of carbonyl (C=O) groups is 2. The maximum Gasteiger partial charge on any atom is 0.352 e. The largest absolute Gasteiger partial charge is 0.477 e. The average molecular weight is 322 g/mol. The molecule has 0 unspecified atom stereocenters. The number of amides is 1. The van der Waals surface area contributed by atoms with Gasteiger partial charge < -0.3 is 26.6 Å². The zero-order valence-electron chi connectivity index (χ0n) is 13.0. The average Bonchev–Trinajstić information content (AvgIpc) is 2.76. The zero-order chi connectivity index (χ0) is 16.9. The van der Waals surface area contributed by atoms with Gasteiger partial charge in [-0.3, -0.25) is 9.79 Å². The SMILES string of the molecule is C[C@@H](O)[C@H]1C(=O)N2C(C(=O)O)=C3[C@@H](CN=C(N)N)CCC[C@@H]3[C@H]12. The second-order valence-corrected chi connectivity index (χ2v) is 6.57. The minimum Gasteiger partial charge on any atom is -0.477 e. The summed E-state index contributed by atoms with van der Waals surface area (Å²) in [6, 6.07) is -0.245. The number of hydrogen-bond acceptors (Lipinski definition) is 4. The number of carboxylic acid groups (broad SMARTS) is 1. The number of carboxylic acids is 1. The van der Waals surface area contributed by atoms with Crippen LogP contribution in [-0.2, 0) is 9.59 Å². The van der Waals surface area contributed by atoms with Gasteiger partial charge in [0.15, 0.2) is 5.96 Å². The number of guanidine groups is 1. The van der Waals surface area contributed by atoms with Crippen LogP contribution in [0.1, 0.15) is 26.2 Å². The third kappa shape index (κ3) is 2.28. The fraction of sp³-hybridized carbons (Fsp3) is 0.667. The van der Waals surface area contributed by atoms with Crippen LogP contribution in [0.3, 0.4) is 0 Å². The predicted octanol–water partition coefficient (Wildman–Crippen LogP) is -0.764. The molecule has 1 saturated heterocycles. The van der Waals surface area contributed by atoms with E-state index < -0.39 is 18.0 Å². The van der Waals surface area contributed by atoms with Gasteiger partial charge in [-0.1, -0.05) is 6.42 Å². The third-order valence-electron chi connectivity index (χ3n) is 5.24. The Hall–Kier alpha value is -2.09. The molecule has 1 amide bonds. The molecule has 2 fully saturated rings. The highest BCUT2D eigenvalue weighted by Gasteiger charge is 2.62. The second-order valence-electron chi connectivity index (χ2n) is 6.57. The first-order valence-electron chi connectivity index (χ1n) is 7.88. The van der Waals surface area contributed by atoms with E-state index >= 15 is 0 Å². The molecule has 0 aromatic rings. The van der Waals surface area contributed by atoms with E-state index in [0.717, 1.165) is 24.8 Å². The molecule has 1 aliphatic carbocycles. The predicted molar refractivity (Wildman–Crippen MR) is 82.0 cm³/mol. The highest BCUT2D eigenvalue weighted by molar-refractivity contribution is 6.00. The molecule has 1 saturated carbocycles. The zero-order valence-corrected chi connectivity index (χ0v) is 13.0. The van der Waals surface area contributed by atoms with E-state index in [2.05, 4.69) is 4.99 Å². The van der Waals surface area contributed by atoms with E-state index in [-0.39, 0.29) is 35.4 Å². The van der Waals surface area contributed by atoms with Crippen molar-refractivity contribution >= 4 is 17.8 Å². The summed E-state index contributed by atoms with van der Waals surface area (Å²) < 4.78 is 0. The first-order valence-corrected chi connectivity index (χ1v) is 7.88. The molecular weight excluding hydrogens is 300 g/mol. The maximum atomic E-state index is 12.3. The van der Waals surface area contributed by atoms with Gasteiger partial charge in [0.2, 0.25) is 5.91 Å². The van der Waals surface area contributed by atoms with Crippen molar-refractivity contribution < 1.29 is 19.8 Å². The van der Waals surface area contributed by atoms with Crippen molar-refractivity contribution in [1.82, 2.24) is 4.90 Å². The fourth-order valence-corrected chi connectivity index (χ4v) is 4.41. The van der Waals surface area contributed by atoms with Crippen LogP contribution in [0.2, 0.25) is 0 Å². The summed E-state index contributed by atoms with van der Waals surface area (Å²) >= 11 is 0. The van der Waals surface area contributed by atoms with E-state index in [1.807, 2.05) is 0 Å². The summed E-state index contributed by atoms with van der Waals surface area (Å²) in [7, 11) is 0.